The number of likely N-dealkylation sites (tertiary alicyclic amines) is 1. The summed E-state index contributed by atoms with van der Waals surface area (Å²) in [6.45, 7) is 2.83. The number of aromatic nitrogens is 2. The van der Waals surface area contributed by atoms with Crippen LogP contribution in [0.5, 0.6) is 0 Å². The number of nitrogens with one attached hydrogen (secondary N) is 1. The molecule has 1 saturated heterocycles. The SMILES string of the molecule is CC[C@H](COC)N[C@@H]1CCC(=O)N(C)[C@H]1c1ccnn1C. The van der Waals surface area contributed by atoms with E-state index in [2.05, 4.69) is 17.3 Å². The maximum absolute atomic E-state index is 12.1. The van der Waals surface area contributed by atoms with E-state index in [1.807, 2.05) is 29.7 Å². The van der Waals surface area contributed by atoms with Gasteiger partial charge in [0, 0.05) is 45.9 Å². The number of ether oxygens (including phenoxy) is 1. The third-order valence-electron chi connectivity index (χ3n) is 4.33. The first-order chi connectivity index (χ1) is 10.1. The van der Waals surface area contributed by atoms with Crippen molar-refractivity contribution in [2.75, 3.05) is 20.8 Å². The van der Waals surface area contributed by atoms with Crippen LogP contribution in [0.3, 0.4) is 0 Å². The van der Waals surface area contributed by atoms with Crippen molar-refractivity contribution in [3.63, 3.8) is 0 Å². The maximum Gasteiger partial charge on any atom is 0.222 e. The van der Waals surface area contributed by atoms with Crippen LogP contribution in [-0.4, -0.2) is 53.4 Å². The van der Waals surface area contributed by atoms with Crippen molar-refractivity contribution in [1.82, 2.24) is 20.0 Å². The van der Waals surface area contributed by atoms with Crippen molar-refractivity contribution in [2.24, 2.45) is 7.05 Å². The van der Waals surface area contributed by atoms with Gasteiger partial charge in [0.25, 0.3) is 0 Å². The van der Waals surface area contributed by atoms with Crippen LogP contribution in [0, 0.1) is 0 Å². The quantitative estimate of drug-likeness (QED) is 0.853. The average Bonchev–Trinajstić information content (AvgIpc) is 2.88. The lowest BCUT2D eigenvalue weighted by atomic mass is 9.92. The van der Waals surface area contributed by atoms with Gasteiger partial charge in [-0.25, -0.2) is 0 Å². The molecule has 2 rings (SSSR count). The van der Waals surface area contributed by atoms with Gasteiger partial charge < -0.3 is 15.0 Å². The number of amides is 1. The van der Waals surface area contributed by atoms with Gasteiger partial charge in [-0.2, -0.15) is 5.10 Å². The van der Waals surface area contributed by atoms with Gasteiger partial charge in [0.05, 0.1) is 18.3 Å². The minimum Gasteiger partial charge on any atom is -0.383 e. The zero-order valence-electron chi connectivity index (χ0n) is 13.4. The largest absolute Gasteiger partial charge is 0.383 e. The van der Waals surface area contributed by atoms with Gasteiger partial charge in [-0.1, -0.05) is 6.92 Å². The number of rotatable bonds is 6. The van der Waals surface area contributed by atoms with E-state index in [0.717, 1.165) is 18.5 Å². The second-order valence-electron chi connectivity index (χ2n) is 5.70. The number of hydrogen-bond acceptors (Lipinski definition) is 4. The molecule has 6 nitrogen and oxygen atoms in total. The minimum absolute atomic E-state index is 0.0182. The molecule has 0 radical (unpaired) electrons. The molecular formula is C15H26N4O2. The molecule has 1 aliphatic heterocycles. The predicted octanol–water partition coefficient (Wildman–Crippen LogP) is 1.10. The molecule has 21 heavy (non-hydrogen) atoms. The Bertz CT molecular complexity index is 474. The zero-order valence-corrected chi connectivity index (χ0v) is 13.4. The number of likely N-dealkylation sites (N-methyl/N-ethyl adjacent to an activating group) is 1. The first-order valence-corrected chi connectivity index (χ1v) is 7.57. The number of aryl methyl sites for hydroxylation is 1. The molecule has 1 aliphatic rings. The Morgan fingerprint density at radius 2 is 2.29 bits per heavy atom. The smallest absolute Gasteiger partial charge is 0.222 e. The Morgan fingerprint density at radius 1 is 1.52 bits per heavy atom. The topological polar surface area (TPSA) is 59.4 Å². The van der Waals surface area contributed by atoms with Gasteiger partial charge >= 0.3 is 0 Å². The molecule has 0 aromatic carbocycles. The summed E-state index contributed by atoms with van der Waals surface area (Å²) >= 11 is 0. The van der Waals surface area contributed by atoms with E-state index in [0.29, 0.717) is 19.1 Å². The molecule has 1 aromatic rings. The number of hydrogen-bond donors (Lipinski definition) is 1. The molecule has 118 valence electrons. The Kier molecular flexibility index (Phi) is 5.36. The third-order valence-corrected chi connectivity index (χ3v) is 4.33. The lowest BCUT2D eigenvalue weighted by Crippen LogP contribution is -2.53. The summed E-state index contributed by atoms with van der Waals surface area (Å²) in [6.07, 6.45) is 4.22. The normalized spacial score (nSPS) is 24.4. The average molecular weight is 294 g/mol. The number of piperidine rings is 1. The summed E-state index contributed by atoms with van der Waals surface area (Å²) in [5, 5.41) is 7.91. The van der Waals surface area contributed by atoms with Crippen LogP contribution in [0.2, 0.25) is 0 Å². The monoisotopic (exact) mass is 294 g/mol. The second kappa shape index (κ2) is 7.04. The van der Waals surface area contributed by atoms with Gasteiger partial charge in [0.1, 0.15) is 0 Å². The van der Waals surface area contributed by atoms with Gasteiger partial charge in [-0.05, 0) is 18.9 Å². The highest BCUT2D eigenvalue weighted by molar-refractivity contribution is 5.77. The number of carbonyl (C=O) groups excluding carboxylic acids is 1. The highest BCUT2D eigenvalue weighted by atomic mass is 16.5. The third kappa shape index (κ3) is 3.44. The van der Waals surface area contributed by atoms with Gasteiger partial charge in [0.2, 0.25) is 5.91 Å². The van der Waals surface area contributed by atoms with Gasteiger partial charge in [-0.3, -0.25) is 9.48 Å². The highest BCUT2D eigenvalue weighted by Gasteiger charge is 2.36. The van der Waals surface area contributed by atoms with E-state index in [-0.39, 0.29) is 18.0 Å². The molecule has 0 saturated carbocycles. The molecule has 0 unspecified atom stereocenters. The summed E-state index contributed by atoms with van der Waals surface area (Å²) in [7, 11) is 5.52. The lowest BCUT2D eigenvalue weighted by Gasteiger charge is -2.41. The Labute approximate surface area is 126 Å². The first-order valence-electron chi connectivity index (χ1n) is 7.57. The molecule has 3 atom stereocenters. The summed E-state index contributed by atoms with van der Waals surface area (Å²) in [6, 6.07) is 2.54. The van der Waals surface area contributed by atoms with E-state index in [1.165, 1.54) is 0 Å². The lowest BCUT2D eigenvalue weighted by molar-refractivity contribution is -0.136. The Balaban J connectivity index is 2.21. The fourth-order valence-corrected chi connectivity index (χ4v) is 3.08. The van der Waals surface area contributed by atoms with E-state index < -0.39 is 0 Å². The minimum atomic E-state index is 0.0182. The summed E-state index contributed by atoms with van der Waals surface area (Å²) in [4.78, 5) is 13.9. The molecule has 1 fully saturated rings. The van der Waals surface area contributed by atoms with Crippen LogP contribution in [0.1, 0.15) is 37.9 Å². The van der Waals surface area contributed by atoms with Crippen molar-refractivity contribution in [1.29, 1.82) is 0 Å². The summed E-state index contributed by atoms with van der Waals surface area (Å²) in [5.74, 6) is 0.194. The Morgan fingerprint density at radius 3 is 2.86 bits per heavy atom. The van der Waals surface area contributed by atoms with Crippen molar-refractivity contribution >= 4 is 5.91 Å². The van der Waals surface area contributed by atoms with E-state index in [9.17, 15) is 4.79 Å². The molecule has 1 aromatic heterocycles. The van der Waals surface area contributed by atoms with Crippen molar-refractivity contribution in [3.05, 3.63) is 18.0 Å². The number of nitrogens with zero attached hydrogens (tertiary/aromatic N) is 3. The van der Waals surface area contributed by atoms with Gasteiger partial charge in [0.15, 0.2) is 0 Å². The fraction of sp³-hybridized carbons (Fsp3) is 0.733. The molecule has 2 heterocycles. The van der Waals surface area contributed by atoms with Crippen LogP contribution in [-0.2, 0) is 16.6 Å². The van der Waals surface area contributed by atoms with Crippen molar-refractivity contribution < 1.29 is 9.53 Å². The van der Waals surface area contributed by atoms with Crippen LogP contribution in [0.15, 0.2) is 12.3 Å². The van der Waals surface area contributed by atoms with Crippen molar-refractivity contribution in [2.45, 2.75) is 44.3 Å². The number of methoxy groups -OCH3 is 1. The molecule has 6 heteroatoms. The zero-order chi connectivity index (χ0) is 15.4. The fourth-order valence-electron chi connectivity index (χ4n) is 3.08. The molecule has 0 spiro atoms. The molecule has 1 amide bonds. The predicted molar refractivity (Wildman–Crippen MR) is 80.8 cm³/mol. The molecule has 0 aliphatic carbocycles. The Hall–Kier alpha value is -1.40. The standard InChI is InChI=1S/C15H26N4O2/c1-5-11(10-21-4)17-12-6-7-14(20)18(2)15(12)13-8-9-16-19(13)3/h8-9,11-12,15,17H,5-7,10H2,1-4H3/t11-,12-,15-/m1/s1. The van der Waals surface area contributed by atoms with E-state index in [4.69, 9.17) is 4.74 Å². The first kappa shape index (κ1) is 16.0. The maximum atomic E-state index is 12.1. The van der Waals surface area contributed by atoms with Crippen LogP contribution in [0.25, 0.3) is 0 Å². The molecular weight excluding hydrogens is 268 g/mol. The van der Waals surface area contributed by atoms with Crippen LogP contribution < -0.4 is 5.32 Å². The highest BCUT2D eigenvalue weighted by Crippen LogP contribution is 2.30. The molecule has 1 N–H and O–H groups in total. The summed E-state index contributed by atoms with van der Waals surface area (Å²) in [5.41, 5.74) is 1.07. The molecule has 0 bridgehead atoms. The number of carbonyl (C=O) groups is 1. The van der Waals surface area contributed by atoms with E-state index in [1.54, 1.807) is 13.3 Å². The van der Waals surface area contributed by atoms with Gasteiger partial charge in [-0.15, -0.1) is 0 Å². The van der Waals surface area contributed by atoms with Crippen LogP contribution >= 0.6 is 0 Å². The summed E-state index contributed by atoms with van der Waals surface area (Å²) < 4.78 is 7.13. The van der Waals surface area contributed by atoms with Crippen molar-refractivity contribution in [3.8, 4) is 0 Å². The van der Waals surface area contributed by atoms with Crippen LogP contribution in [0.4, 0.5) is 0 Å². The van der Waals surface area contributed by atoms with E-state index >= 15 is 0 Å². The second-order valence-corrected chi connectivity index (χ2v) is 5.70.